The molecule has 0 heterocycles. The van der Waals surface area contributed by atoms with Crippen molar-refractivity contribution in [2.45, 2.75) is 32.7 Å². The number of nitrogens with one attached hydrogen (secondary N) is 1. The lowest BCUT2D eigenvalue weighted by molar-refractivity contribution is -0.122. The van der Waals surface area contributed by atoms with Crippen LogP contribution in [0, 0.1) is 6.92 Å². The van der Waals surface area contributed by atoms with Crippen LogP contribution < -0.4 is 11.1 Å². The van der Waals surface area contributed by atoms with Crippen molar-refractivity contribution in [3.63, 3.8) is 0 Å². The third kappa shape index (κ3) is 5.90. The predicted octanol–water partition coefficient (Wildman–Crippen LogP) is 2.05. The molecule has 5 heteroatoms. The fourth-order valence-corrected chi connectivity index (χ4v) is 1.66. The molecule has 0 radical (unpaired) electrons. The van der Waals surface area contributed by atoms with Crippen molar-refractivity contribution in [1.82, 2.24) is 5.32 Å². The first kappa shape index (κ1) is 15.0. The smallest absolute Gasteiger partial charge is 0.404 e. The maximum atomic E-state index is 11.7. The molecule has 0 aliphatic carbocycles. The molecule has 0 aromatic heterocycles. The van der Waals surface area contributed by atoms with Crippen molar-refractivity contribution in [3.8, 4) is 0 Å². The second kappa shape index (κ2) is 7.41. The molecule has 3 N–H and O–H groups in total. The molecular formula is C14H20N2O3. The van der Waals surface area contributed by atoms with Crippen molar-refractivity contribution in [2.24, 2.45) is 5.73 Å². The molecule has 1 atom stereocenters. The van der Waals surface area contributed by atoms with Crippen molar-refractivity contribution in [3.05, 3.63) is 35.4 Å². The minimum atomic E-state index is -0.812. The summed E-state index contributed by atoms with van der Waals surface area (Å²) in [4.78, 5) is 22.0. The highest BCUT2D eigenvalue weighted by atomic mass is 16.5. The van der Waals surface area contributed by atoms with E-state index in [9.17, 15) is 9.59 Å². The maximum absolute atomic E-state index is 11.7. The largest absolute Gasteiger partial charge is 0.450 e. The van der Waals surface area contributed by atoms with Gasteiger partial charge in [-0.25, -0.2) is 4.79 Å². The van der Waals surface area contributed by atoms with Gasteiger partial charge in [-0.15, -0.1) is 0 Å². The predicted molar refractivity (Wildman–Crippen MR) is 72.5 cm³/mol. The van der Waals surface area contributed by atoms with Crippen LogP contribution in [-0.2, 0) is 9.53 Å². The van der Waals surface area contributed by atoms with E-state index in [0.29, 0.717) is 12.8 Å². The summed E-state index contributed by atoms with van der Waals surface area (Å²) < 4.78 is 4.55. The molecule has 0 aliphatic heterocycles. The summed E-state index contributed by atoms with van der Waals surface area (Å²) in [6.45, 7) is 4.12. The Morgan fingerprint density at radius 1 is 1.32 bits per heavy atom. The first-order chi connectivity index (χ1) is 8.99. The second-order valence-electron chi connectivity index (χ2n) is 4.47. The van der Waals surface area contributed by atoms with Gasteiger partial charge < -0.3 is 15.8 Å². The van der Waals surface area contributed by atoms with E-state index in [0.717, 1.165) is 5.56 Å². The number of benzene rings is 1. The standard InChI is InChI=1S/C14H20N2O3/c1-10-5-7-12(8-6-10)11(2)16-13(17)4-3-9-19-14(15)18/h5-8,11H,3-4,9H2,1-2H3,(H2,15,18)(H,16,17). The number of nitrogens with two attached hydrogens (primary N) is 1. The average Bonchev–Trinajstić information content (AvgIpc) is 2.35. The van der Waals surface area contributed by atoms with Gasteiger partial charge in [0.25, 0.3) is 0 Å². The van der Waals surface area contributed by atoms with E-state index in [1.54, 1.807) is 0 Å². The van der Waals surface area contributed by atoms with Gasteiger partial charge in [0.15, 0.2) is 0 Å². The van der Waals surface area contributed by atoms with E-state index < -0.39 is 6.09 Å². The average molecular weight is 264 g/mol. The van der Waals surface area contributed by atoms with Crippen LogP contribution in [0.25, 0.3) is 0 Å². The molecule has 0 aliphatic rings. The number of carbonyl (C=O) groups excluding carboxylic acids is 2. The number of aryl methyl sites for hydroxylation is 1. The summed E-state index contributed by atoms with van der Waals surface area (Å²) in [6.07, 6.45) is -0.0350. The first-order valence-corrected chi connectivity index (χ1v) is 6.27. The van der Waals surface area contributed by atoms with Crippen LogP contribution in [0.5, 0.6) is 0 Å². The van der Waals surface area contributed by atoms with Crippen LogP contribution in [0.4, 0.5) is 4.79 Å². The highest BCUT2D eigenvalue weighted by molar-refractivity contribution is 5.76. The Morgan fingerprint density at radius 3 is 2.53 bits per heavy atom. The van der Waals surface area contributed by atoms with Gasteiger partial charge in [-0.05, 0) is 25.8 Å². The van der Waals surface area contributed by atoms with Crippen molar-refractivity contribution in [2.75, 3.05) is 6.61 Å². The Kier molecular flexibility index (Phi) is 5.85. The Morgan fingerprint density at radius 2 is 1.95 bits per heavy atom. The van der Waals surface area contributed by atoms with Crippen LogP contribution in [0.2, 0.25) is 0 Å². The van der Waals surface area contributed by atoms with Crippen LogP contribution in [0.15, 0.2) is 24.3 Å². The minimum Gasteiger partial charge on any atom is -0.450 e. The van der Waals surface area contributed by atoms with Crippen molar-refractivity contribution in [1.29, 1.82) is 0 Å². The lowest BCUT2D eigenvalue weighted by Gasteiger charge is -2.14. The summed E-state index contributed by atoms with van der Waals surface area (Å²) in [6, 6.07) is 7.98. The molecule has 104 valence electrons. The zero-order valence-electron chi connectivity index (χ0n) is 11.3. The van der Waals surface area contributed by atoms with Gasteiger partial charge in [0.2, 0.25) is 5.91 Å². The van der Waals surface area contributed by atoms with Crippen LogP contribution in [-0.4, -0.2) is 18.6 Å². The molecule has 1 rings (SSSR count). The van der Waals surface area contributed by atoms with E-state index >= 15 is 0 Å². The van der Waals surface area contributed by atoms with Gasteiger partial charge in [0, 0.05) is 6.42 Å². The summed E-state index contributed by atoms with van der Waals surface area (Å²) in [5, 5.41) is 2.89. The SMILES string of the molecule is Cc1ccc(C(C)NC(=O)CCCOC(N)=O)cc1. The van der Waals surface area contributed by atoms with Crippen LogP contribution in [0.1, 0.15) is 36.9 Å². The van der Waals surface area contributed by atoms with E-state index in [-0.39, 0.29) is 18.6 Å². The Labute approximate surface area is 113 Å². The lowest BCUT2D eigenvalue weighted by atomic mass is 10.1. The normalized spacial score (nSPS) is 11.7. The van der Waals surface area contributed by atoms with Crippen LogP contribution >= 0.6 is 0 Å². The molecule has 1 aromatic rings. The first-order valence-electron chi connectivity index (χ1n) is 6.27. The van der Waals surface area contributed by atoms with Crippen LogP contribution in [0.3, 0.4) is 0 Å². The molecule has 2 amide bonds. The molecule has 0 saturated heterocycles. The fraction of sp³-hybridized carbons (Fsp3) is 0.429. The maximum Gasteiger partial charge on any atom is 0.404 e. The van der Waals surface area contributed by atoms with E-state index in [1.807, 2.05) is 38.1 Å². The molecule has 0 bridgehead atoms. The summed E-state index contributed by atoms with van der Waals surface area (Å²) in [5.74, 6) is -0.0684. The summed E-state index contributed by atoms with van der Waals surface area (Å²) in [7, 11) is 0. The monoisotopic (exact) mass is 264 g/mol. The number of rotatable bonds is 6. The molecule has 1 aromatic carbocycles. The Hall–Kier alpha value is -2.04. The van der Waals surface area contributed by atoms with Gasteiger partial charge in [-0.3, -0.25) is 4.79 Å². The highest BCUT2D eigenvalue weighted by Crippen LogP contribution is 2.13. The molecule has 5 nitrogen and oxygen atoms in total. The topological polar surface area (TPSA) is 81.4 Å². The van der Waals surface area contributed by atoms with Gasteiger partial charge in [0.05, 0.1) is 12.6 Å². The lowest BCUT2D eigenvalue weighted by Crippen LogP contribution is -2.26. The van der Waals surface area contributed by atoms with Gasteiger partial charge in [-0.2, -0.15) is 0 Å². The molecule has 0 saturated carbocycles. The number of amides is 2. The third-order valence-corrected chi connectivity index (χ3v) is 2.75. The minimum absolute atomic E-state index is 0.0369. The third-order valence-electron chi connectivity index (χ3n) is 2.75. The second-order valence-corrected chi connectivity index (χ2v) is 4.47. The Balaban J connectivity index is 2.31. The molecule has 1 unspecified atom stereocenters. The Bertz CT molecular complexity index is 429. The summed E-state index contributed by atoms with van der Waals surface area (Å²) in [5.41, 5.74) is 7.06. The fourth-order valence-electron chi connectivity index (χ4n) is 1.66. The highest BCUT2D eigenvalue weighted by Gasteiger charge is 2.09. The molecule has 0 fully saturated rings. The molecular weight excluding hydrogens is 244 g/mol. The number of hydrogen-bond donors (Lipinski definition) is 2. The number of hydrogen-bond acceptors (Lipinski definition) is 3. The van der Waals surface area contributed by atoms with Gasteiger partial charge in [-0.1, -0.05) is 29.8 Å². The zero-order valence-corrected chi connectivity index (χ0v) is 11.3. The number of ether oxygens (including phenoxy) is 1. The molecule has 0 spiro atoms. The van der Waals surface area contributed by atoms with E-state index in [4.69, 9.17) is 5.73 Å². The van der Waals surface area contributed by atoms with Crippen molar-refractivity contribution >= 4 is 12.0 Å². The molecule has 19 heavy (non-hydrogen) atoms. The zero-order chi connectivity index (χ0) is 14.3. The van der Waals surface area contributed by atoms with Gasteiger partial charge >= 0.3 is 6.09 Å². The van der Waals surface area contributed by atoms with E-state index in [1.165, 1.54) is 5.56 Å². The van der Waals surface area contributed by atoms with Crippen molar-refractivity contribution < 1.29 is 14.3 Å². The number of carbonyl (C=O) groups is 2. The number of primary amides is 1. The van der Waals surface area contributed by atoms with Gasteiger partial charge in [0.1, 0.15) is 0 Å². The van der Waals surface area contributed by atoms with E-state index in [2.05, 4.69) is 10.1 Å². The quantitative estimate of drug-likeness (QED) is 0.771. The summed E-state index contributed by atoms with van der Waals surface area (Å²) >= 11 is 0.